The number of nitrogens with one attached hydrogen (secondary N) is 1. The maximum absolute atomic E-state index is 12.9. The Morgan fingerprint density at radius 3 is 2.58 bits per heavy atom. The second-order valence-corrected chi connectivity index (χ2v) is 9.74. The molecule has 0 atom stereocenters. The molecule has 9 nitrogen and oxygen atoms in total. The van der Waals surface area contributed by atoms with Crippen LogP contribution < -0.4 is 9.62 Å². The predicted molar refractivity (Wildman–Crippen MR) is 119 cm³/mol. The summed E-state index contributed by atoms with van der Waals surface area (Å²) in [7, 11) is -2.12. The number of methoxy groups -OCH3 is 1. The number of aromatic nitrogens is 2. The number of sulfonamides is 1. The van der Waals surface area contributed by atoms with Crippen LogP contribution in [-0.2, 0) is 14.8 Å². The molecule has 4 rings (SSSR count). The molecular formula is C20H23N5O4S2. The van der Waals surface area contributed by atoms with Crippen LogP contribution in [0.15, 0.2) is 47.5 Å². The van der Waals surface area contributed by atoms with Crippen molar-refractivity contribution in [1.82, 2.24) is 19.6 Å². The highest BCUT2D eigenvalue weighted by molar-refractivity contribution is 7.89. The molecule has 1 aliphatic rings. The molecule has 11 heteroatoms. The first kappa shape index (κ1) is 21.6. The number of hydrogen-bond acceptors (Lipinski definition) is 8. The molecule has 1 aliphatic heterocycles. The van der Waals surface area contributed by atoms with Crippen molar-refractivity contribution in [1.29, 1.82) is 0 Å². The van der Waals surface area contributed by atoms with Crippen molar-refractivity contribution in [2.75, 3.05) is 51.3 Å². The fraction of sp³-hybridized carbons (Fsp3) is 0.350. The minimum Gasteiger partial charge on any atom is -0.383 e. The lowest BCUT2D eigenvalue weighted by Crippen LogP contribution is -2.48. The zero-order valence-corrected chi connectivity index (χ0v) is 18.7. The first-order valence-corrected chi connectivity index (χ1v) is 12.1. The summed E-state index contributed by atoms with van der Waals surface area (Å²) in [6.07, 6.45) is 1.76. The number of hydrogen-bond donors (Lipinski definition) is 1. The third kappa shape index (κ3) is 4.85. The number of amides is 1. The van der Waals surface area contributed by atoms with Gasteiger partial charge in [0.25, 0.3) is 5.91 Å². The second kappa shape index (κ2) is 9.27. The van der Waals surface area contributed by atoms with E-state index >= 15 is 0 Å². The number of carbonyl (C=O) groups is 1. The van der Waals surface area contributed by atoms with Crippen molar-refractivity contribution in [2.45, 2.75) is 4.90 Å². The summed E-state index contributed by atoms with van der Waals surface area (Å²) in [5.74, 6) is -0.109. The molecule has 0 radical (unpaired) electrons. The largest absolute Gasteiger partial charge is 0.383 e. The highest BCUT2D eigenvalue weighted by Crippen LogP contribution is 2.27. The van der Waals surface area contributed by atoms with Gasteiger partial charge in [-0.15, -0.1) is 0 Å². The Balaban J connectivity index is 1.37. The Bertz CT molecular complexity index is 1120. The molecule has 0 saturated carbocycles. The normalized spacial score (nSPS) is 14.9. The summed E-state index contributed by atoms with van der Waals surface area (Å²) >= 11 is 1.55. The Labute approximate surface area is 184 Å². The summed E-state index contributed by atoms with van der Waals surface area (Å²) in [5.41, 5.74) is 1.35. The lowest BCUT2D eigenvalue weighted by atomic mass is 10.2. The maximum Gasteiger partial charge on any atom is 0.253 e. The molecule has 0 unspecified atom stereocenters. The van der Waals surface area contributed by atoms with Gasteiger partial charge in [-0.25, -0.2) is 23.1 Å². The maximum atomic E-state index is 12.9. The van der Waals surface area contributed by atoms with Crippen molar-refractivity contribution in [3.8, 4) is 0 Å². The lowest BCUT2D eigenvalue weighted by Gasteiger charge is -2.34. The Kier molecular flexibility index (Phi) is 6.46. The molecule has 1 saturated heterocycles. The van der Waals surface area contributed by atoms with Crippen molar-refractivity contribution in [3.63, 3.8) is 0 Å². The molecule has 1 N–H and O–H groups in total. The number of fused-ring (bicyclic) bond motifs is 1. The van der Waals surface area contributed by atoms with Crippen LogP contribution in [0.1, 0.15) is 10.4 Å². The van der Waals surface area contributed by atoms with Crippen molar-refractivity contribution in [2.24, 2.45) is 0 Å². The molecule has 1 fully saturated rings. The van der Waals surface area contributed by atoms with Crippen molar-refractivity contribution >= 4 is 42.7 Å². The summed E-state index contributed by atoms with van der Waals surface area (Å²) < 4.78 is 31.8. The summed E-state index contributed by atoms with van der Waals surface area (Å²) in [5, 5.41) is 0.913. The number of anilines is 1. The molecule has 0 bridgehead atoms. The van der Waals surface area contributed by atoms with E-state index in [0.717, 1.165) is 15.5 Å². The fourth-order valence-corrected chi connectivity index (χ4v) is 5.29. The zero-order valence-electron chi connectivity index (χ0n) is 17.0. The molecule has 31 heavy (non-hydrogen) atoms. The van der Waals surface area contributed by atoms with E-state index in [1.54, 1.807) is 34.6 Å². The van der Waals surface area contributed by atoms with E-state index in [2.05, 4.69) is 19.6 Å². The van der Waals surface area contributed by atoms with Crippen LogP contribution in [0.25, 0.3) is 10.3 Å². The smallest absolute Gasteiger partial charge is 0.253 e. The quantitative estimate of drug-likeness (QED) is 0.533. The second-order valence-electron chi connectivity index (χ2n) is 7.02. The van der Waals surface area contributed by atoms with E-state index in [1.165, 1.54) is 19.2 Å². The van der Waals surface area contributed by atoms with Crippen LogP contribution in [0.3, 0.4) is 0 Å². The lowest BCUT2D eigenvalue weighted by molar-refractivity contribution is 0.0746. The third-order valence-corrected chi connectivity index (χ3v) is 7.52. The molecule has 0 aliphatic carbocycles. The number of rotatable bonds is 7. The number of thiazole rings is 1. The first-order valence-electron chi connectivity index (χ1n) is 9.82. The minimum absolute atomic E-state index is 0.109. The van der Waals surface area contributed by atoms with Gasteiger partial charge in [0.2, 0.25) is 10.0 Å². The Morgan fingerprint density at radius 1 is 1.16 bits per heavy atom. The van der Waals surface area contributed by atoms with Gasteiger partial charge < -0.3 is 14.5 Å². The average molecular weight is 462 g/mol. The molecule has 1 aromatic carbocycles. The summed E-state index contributed by atoms with van der Waals surface area (Å²) in [6, 6.07) is 9.82. The molecule has 0 spiro atoms. The average Bonchev–Trinajstić information content (AvgIpc) is 3.23. The van der Waals surface area contributed by atoms with Gasteiger partial charge in [0.15, 0.2) is 5.13 Å². The van der Waals surface area contributed by atoms with Crippen LogP contribution in [0.2, 0.25) is 0 Å². The van der Waals surface area contributed by atoms with E-state index in [4.69, 9.17) is 4.74 Å². The van der Waals surface area contributed by atoms with Crippen molar-refractivity contribution in [3.05, 3.63) is 48.2 Å². The Hall–Kier alpha value is -2.60. The molecular weight excluding hydrogens is 438 g/mol. The van der Waals surface area contributed by atoms with Gasteiger partial charge >= 0.3 is 0 Å². The number of nitrogens with zero attached hydrogens (tertiary/aromatic N) is 4. The highest BCUT2D eigenvalue weighted by atomic mass is 32.2. The number of carbonyl (C=O) groups excluding carboxylic acids is 1. The van der Waals surface area contributed by atoms with Gasteiger partial charge in [0, 0.05) is 51.6 Å². The van der Waals surface area contributed by atoms with Gasteiger partial charge in [0.1, 0.15) is 10.3 Å². The van der Waals surface area contributed by atoms with Crippen LogP contribution in [0, 0.1) is 0 Å². The highest BCUT2D eigenvalue weighted by Gasteiger charge is 2.24. The Morgan fingerprint density at radius 2 is 1.90 bits per heavy atom. The van der Waals surface area contributed by atoms with Crippen molar-refractivity contribution < 1.29 is 17.9 Å². The fourth-order valence-electron chi connectivity index (χ4n) is 3.32. The van der Waals surface area contributed by atoms with Gasteiger partial charge in [-0.1, -0.05) is 11.3 Å². The standard InChI is InChI=1S/C20H23N5O4S2/c1-29-14-9-22-31(27,28)16-6-4-15(5-7-16)19(26)24-10-12-25(13-11-24)20-23-17-3-2-8-21-18(17)30-20/h2-8,22H,9-14H2,1H3. The molecule has 2 aromatic heterocycles. The van der Waals surface area contributed by atoms with E-state index in [1.807, 2.05) is 12.1 Å². The van der Waals surface area contributed by atoms with Gasteiger partial charge in [-0.2, -0.15) is 0 Å². The molecule has 3 aromatic rings. The van der Waals surface area contributed by atoms with Crippen LogP contribution in [0.4, 0.5) is 5.13 Å². The van der Waals surface area contributed by atoms with E-state index < -0.39 is 10.0 Å². The van der Waals surface area contributed by atoms with E-state index in [0.29, 0.717) is 31.7 Å². The van der Waals surface area contributed by atoms with E-state index in [-0.39, 0.29) is 24.0 Å². The van der Waals surface area contributed by atoms with Crippen LogP contribution in [0.5, 0.6) is 0 Å². The van der Waals surface area contributed by atoms with Crippen LogP contribution >= 0.6 is 11.3 Å². The number of benzene rings is 1. The van der Waals surface area contributed by atoms with Gasteiger partial charge in [-0.05, 0) is 36.4 Å². The number of ether oxygens (including phenoxy) is 1. The predicted octanol–water partition coefficient (Wildman–Crippen LogP) is 1.58. The third-order valence-electron chi connectivity index (χ3n) is 5.00. The molecule has 1 amide bonds. The van der Waals surface area contributed by atoms with Gasteiger partial charge in [-0.3, -0.25) is 4.79 Å². The first-order chi connectivity index (χ1) is 15.0. The molecule has 3 heterocycles. The summed E-state index contributed by atoms with van der Waals surface area (Å²) in [4.78, 5) is 26.8. The number of pyridine rings is 1. The zero-order chi connectivity index (χ0) is 21.8. The van der Waals surface area contributed by atoms with Gasteiger partial charge in [0.05, 0.1) is 11.5 Å². The van der Waals surface area contributed by atoms with E-state index in [9.17, 15) is 13.2 Å². The SMILES string of the molecule is COCCNS(=O)(=O)c1ccc(C(=O)N2CCN(c3nc4cccnc4s3)CC2)cc1. The summed E-state index contributed by atoms with van der Waals surface area (Å²) in [6.45, 7) is 2.98. The molecule has 164 valence electrons. The monoisotopic (exact) mass is 461 g/mol. The number of piperazine rings is 1. The van der Waals surface area contributed by atoms with Crippen LogP contribution in [-0.4, -0.2) is 75.6 Å². The minimum atomic E-state index is -3.62. The topological polar surface area (TPSA) is 105 Å².